The number of nitrogens with one attached hydrogen (secondary N) is 1. The van der Waals surface area contributed by atoms with Crippen molar-refractivity contribution in [3.63, 3.8) is 0 Å². The number of benzene rings is 1. The number of thiophene rings is 1. The molecule has 0 saturated carbocycles. The van der Waals surface area contributed by atoms with Gasteiger partial charge in [0.05, 0.1) is 5.69 Å². The summed E-state index contributed by atoms with van der Waals surface area (Å²) in [5.74, 6) is -0.799. The number of rotatable bonds is 5. The first-order valence-corrected chi connectivity index (χ1v) is 10.7. The second-order valence-electron chi connectivity index (χ2n) is 8.08. The summed E-state index contributed by atoms with van der Waals surface area (Å²) < 4.78 is 51.1. The summed E-state index contributed by atoms with van der Waals surface area (Å²) >= 11 is 0.966. The lowest BCUT2D eigenvalue weighted by atomic mass is 10.1. The van der Waals surface area contributed by atoms with Gasteiger partial charge in [-0.1, -0.05) is 30.3 Å². The molecular formula is C22H22F3N3O4S. The van der Waals surface area contributed by atoms with E-state index in [-0.39, 0.29) is 28.4 Å². The third-order valence-corrected chi connectivity index (χ3v) is 5.16. The molecule has 0 aliphatic rings. The molecule has 1 amide bonds. The average molecular weight is 481 g/mol. The minimum Gasteiger partial charge on any atom is -0.456 e. The normalized spacial score (nSPS) is 11.8. The standard InChI is InChI=1S/C22H22F3N3O4S/c1-21(2,3)32-19(29)17-14(15-10-16(22(23,24)25)27-28(15)4)12-33-18(17)26-20(30)31-11-13-8-6-5-7-9-13/h5-10,12H,11H2,1-4H3,(H,26,30). The molecule has 1 N–H and O–H groups in total. The van der Waals surface area contributed by atoms with E-state index in [1.54, 1.807) is 45.0 Å². The van der Waals surface area contributed by atoms with Crippen molar-refractivity contribution in [3.05, 3.63) is 58.6 Å². The molecule has 0 unspecified atom stereocenters. The molecule has 0 saturated heterocycles. The molecule has 3 aromatic rings. The zero-order chi connectivity index (χ0) is 24.4. The predicted molar refractivity (Wildman–Crippen MR) is 117 cm³/mol. The highest BCUT2D eigenvalue weighted by atomic mass is 32.1. The Kier molecular flexibility index (Phi) is 6.82. The minimum atomic E-state index is -4.65. The molecule has 3 rings (SSSR count). The van der Waals surface area contributed by atoms with Crippen LogP contribution in [0.4, 0.5) is 23.0 Å². The first kappa shape index (κ1) is 24.3. The van der Waals surface area contributed by atoms with Crippen molar-refractivity contribution in [2.45, 2.75) is 39.2 Å². The molecular weight excluding hydrogens is 459 g/mol. The van der Waals surface area contributed by atoms with Crippen LogP contribution in [-0.2, 0) is 29.3 Å². The van der Waals surface area contributed by atoms with E-state index in [0.717, 1.165) is 27.6 Å². The summed E-state index contributed by atoms with van der Waals surface area (Å²) in [4.78, 5) is 25.3. The van der Waals surface area contributed by atoms with Crippen LogP contribution in [0.25, 0.3) is 11.3 Å². The van der Waals surface area contributed by atoms with Gasteiger partial charge in [0.25, 0.3) is 0 Å². The van der Waals surface area contributed by atoms with Gasteiger partial charge in [0.2, 0.25) is 0 Å². The molecule has 2 aromatic heterocycles. The van der Waals surface area contributed by atoms with Crippen molar-refractivity contribution in [2.24, 2.45) is 7.05 Å². The van der Waals surface area contributed by atoms with Crippen molar-refractivity contribution in [1.29, 1.82) is 0 Å². The van der Waals surface area contributed by atoms with Crippen molar-refractivity contribution < 1.29 is 32.2 Å². The number of carbonyl (C=O) groups is 2. The van der Waals surface area contributed by atoms with Crippen LogP contribution in [0, 0.1) is 0 Å². The fraction of sp³-hybridized carbons (Fsp3) is 0.318. The molecule has 0 spiro atoms. The summed E-state index contributed by atoms with van der Waals surface area (Å²) in [6.07, 6.45) is -5.47. The van der Waals surface area contributed by atoms with Gasteiger partial charge in [-0.3, -0.25) is 10.00 Å². The SMILES string of the molecule is Cn1nc(C(F)(F)F)cc1-c1csc(NC(=O)OCc2ccccc2)c1C(=O)OC(C)(C)C. The lowest BCUT2D eigenvalue weighted by Crippen LogP contribution is -2.25. The fourth-order valence-electron chi connectivity index (χ4n) is 2.88. The number of nitrogens with zero attached hydrogens (tertiary/aromatic N) is 2. The maximum absolute atomic E-state index is 13.1. The molecule has 33 heavy (non-hydrogen) atoms. The van der Waals surface area contributed by atoms with Crippen molar-refractivity contribution in [3.8, 4) is 11.3 Å². The molecule has 0 aliphatic heterocycles. The molecule has 0 bridgehead atoms. The Balaban J connectivity index is 1.93. The molecule has 11 heteroatoms. The van der Waals surface area contributed by atoms with Crippen LogP contribution in [0.1, 0.15) is 42.4 Å². The quantitative estimate of drug-likeness (QED) is 0.461. The monoisotopic (exact) mass is 481 g/mol. The Hall–Kier alpha value is -3.34. The number of esters is 1. The van der Waals surface area contributed by atoms with Gasteiger partial charge in [0.1, 0.15) is 22.8 Å². The number of aryl methyl sites for hydroxylation is 1. The molecule has 1 aromatic carbocycles. The Morgan fingerprint density at radius 3 is 2.39 bits per heavy atom. The number of hydrogen-bond acceptors (Lipinski definition) is 6. The van der Waals surface area contributed by atoms with Crippen LogP contribution >= 0.6 is 11.3 Å². The number of carbonyl (C=O) groups excluding carboxylic acids is 2. The maximum Gasteiger partial charge on any atom is 0.435 e. The van der Waals surface area contributed by atoms with E-state index in [9.17, 15) is 22.8 Å². The summed E-state index contributed by atoms with van der Waals surface area (Å²) in [5.41, 5.74) is -1.09. The van der Waals surface area contributed by atoms with Gasteiger partial charge < -0.3 is 9.47 Å². The van der Waals surface area contributed by atoms with E-state index in [2.05, 4.69) is 10.4 Å². The van der Waals surface area contributed by atoms with Crippen molar-refractivity contribution in [1.82, 2.24) is 9.78 Å². The number of alkyl halides is 3. The van der Waals surface area contributed by atoms with Crippen molar-refractivity contribution in [2.75, 3.05) is 5.32 Å². The Morgan fingerprint density at radius 2 is 1.82 bits per heavy atom. The Morgan fingerprint density at radius 1 is 1.15 bits per heavy atom. The summed E-state index contributed by atoms with van der Waals surface area (Å²) in [5, 5.41) is 7.55. The zero-order valence-corrected chi connectivity index (χ0v) is 19.1. The molecule has 0 aliphatic carbocycles. The lowest BCUT2D eigenvalue weighted by Gasteiger charge is -2.20. The largest absolute Gasteiger partial charge is 0.456 e. The highest BCUT2D eigenvalue weighted by Crippen LogP contribution is 2.39. The Labute approximate surface area is 192 Å². The average Bonchev–Trinajstić information content (AvgIpc) is 3.29. The third kappa shape index (κ3) is 6.13. The molecule has 0 atom stereocenters. The smallest absolute Gasteiger partial charge is 0.435 e. The second-order valence-corrected chi connectivity index (χ2v) is 8.96. The van der Waals surface area contributed by atoms with Gasteiger partial charge in [-0.15, -0.1) is 11.3 Å². The molecule has 7 nitrogen and oxygen atoms in total. The molecule has 2 heterocycles. The van der Waals surface area contributed by atoms with Gasteiger partial charge in [-0.2, -0.15) is 18.3 Å². The number of amides is 1. The zero-order valence-electron chi connectivity index (χ0n) is 18.3. The first-order chi connectivity index (χ1) is 15.3. The Bertz CT molecular complexity index is 1150. The van der Waals surface area contributed by atoms with Crippen LogP contribution < -0.4 is 5.32 Å². The van der Waals surface area contributed by atoms with E-state index < -0.39 is 29.5 Å². The summed E-state index contributed by atoms with van der Waals surface area (Å²) in [6.45, 7) is 4.97. The highest BCUT2D eigenvalue weighted by molar-refractivity contribution is 7.15. The van der Waals surface area contributed by atoms with Gasteiger partial charge in [0.15, 0.2) is 5.69 Å². The number of anilines is 1. The van der Waals surface area contributed by atoms with E-state index in [4.69, 9.17) is 9.47 Å². The van der Waals surface area contributed by atoms with Gasteiger partial charge in [0, 0.05) is 18.0 Å². The van der Waals surface area contributed by atoms with Crippen LogP contribution in [0.2, 0.25) is 0 Å². The summed E-state index contributed by atoms with van der Waals surface area (Å²) in [7, 11) is 1.34. The van der Waals surface area contributed by atoms with E-state index in [0.29, 0.717) is 0 Å². The van der Waals surface area contributed by atoms with E-state index in [1.165, 1.54) is 12.4 Å². The van der Waals surface area contributed by atoms with Crippen LogP contribution in [0.5, 0.6) is 0 Å². The van der Waals surface area contributed by atoms with Crippen LogP contribution in [0.15, 0.2) is 41.8 Å². The lowest BCUT2D eigenvalue weighted by molar-refractivity contribution is -0.141. The van der Waals surface area contributed by atoms with E-state index >= 15 is 0 Å². The highest BCUT2D eigenvalue weighted by Gasteiger charge is 2.36. The predicted octanol–water partition coefficient (Wildman–Crippen LogP) is 5.87. The van der Waals surface area contributed by atoms with Gasteiger partial charge in [-0.05, 0) is 32.4 Å². The van der Waals surface area contributed by atoms with E-state index in [1.807, 2.05) is 6.07 Å². The second kappa shape index (κ2) is 9.26. The van der Waals surface area contributed by atoms with Gasteiger partial charge in [-0.25, -0.2) is 9.59 Å². The topological polar surface area (TPSA) is 82.5 Å². The van der Waals surface area contributed by atoms with Gasteiger partial charge >= 0.3 is 18.2 Å². The fourth-order valence-corrected chi connectivity index (χ4v) is 3.81. The number of hydrogen-bond donors (Lipinski definition) is 1. The summed E-state index contributed by atoms with van der Waals surface area (Å²) in [6, 6.07) is 9.82. The van der Waals surface area contributed by atoms with Crippen molar-refractivity contribution >= 4 is 28.4 Å². The number of ether oxygens (including phenoxy) is 2. The molecule has 176 valence electrons. The molecule has 0 radical (unpaired) electrons. The third-order valence-electron chi connectivity index (χ3n) is 4.27. The van der Waals surface area contributed by atoms with Crippen LogP contribution in [0.3, 0.4) is 0 Å². The number of halogens is 3. The maximum atomic E-state index is 13.1. The minimum absolute atomic E-state index is 0.00332. The number of aromatic nitrogens is 2. The van der Waals surface area contributed by atoms with Crippen LogP contribution in [-0.4, -0.2) is 27.4 Å². The molecule has 0 fully saturated rings. The first-order valence-electron chi connectivity index (χ1n) is 9.79.